The molecule has 2 aromatic heterocycles. The van der Waals surface area contributed by atoms with Crippen LogP contribution in [0, 0.1) is 0 Å². The molecule has 4 rings (SSSR count). The van der Waals surface area contributed by atoms with Crippen molar-refractivity contribution in [1.82, 2.24) is 9.13 Å². The fourth-order valence-electron chi connectivity index (χ4n) is 2.44. The Bertz CT molecular complexity index is 765. The summed E-state index contributed by atoms with van der Waals surface area (Å²) in [5.74, 6) is 0. The maximum absolute atomic E-state index is 2.12. The van der Waals surface area contributed by atoms with Gasteiger partial charge in [-0.1, -0.05) is 36.4 Å². The molecule has 0 fully saturated rings. The highest BCUT2D eigenvalue weighted by Crippen LogP contribution is 2.13. The average molecular weight is 262 g/mol. The minimum atomic E-state index is 1.29. The Labute approximate surface area is 118 Å². The average Bonchev–Trinajstić information content (AvgIpc) is 3.05. The minimum absolute atomic E-state index is 1.29. The molecule has 2 heteroatoms. The van der Waals surface area contributed by atoms with Gasteiger partial charge in [0.05, 0.1) is 0 Å². The van der Waals surface area contributed by atoms with Crippen molar-refractivity contribution in [2.75, 3.05) is 0 Å². The number of hydrogen-bond acceptors (Lipinski definition) is 0. The van der Waals surface area contributed by atoms with Crippen molar-refractivity contribution >= 4 is 21.8 Å². The summed E-state index contributed by atoms with van der Waals surface area (Å²) in [6.45, 7) is 0. The van der Waals surface area contributed by atoms with Gasteiger partial charge in [0.2, 0.25) is 0 Å². The van der Waals surface area contributed by atoms with Gasteiger partial charge in [0.1, 0.15) is 0 Å². The number of fused-ring (bicyclic) bond motifs is 2. The van der Waals surface area contributed by atoms with Crippen LogP contribution in [0.4, 0.5) is 0 Å². The molecule has 0 radical (unpaired) electrons. The summed E-state index contributed by atoms with van der Waals surface area (Å²) in [4.78, 5) is 0. The van der Waals surface area contributed by atoms with Crippen LogP contribution in [0.2, 0.25) is 0 Å². The summed E-state index contributed by atoms with van der Waals surface area (Å²) in [7, 11) is 4.12. The quantitative estimate of drug-likeness (QED) is 0.446. The van der Waals surface area contributed by atoms with Crippen LogP contribution in [0.1, 0.15) is 0 Å². The third-order valence-electron chi connectivity index (χ3n) is 3.59. The van der Waals surface area contributed by atoms with E-state index in [1.807, 2.05) is 0 Å². The van der Waals surface area contributed by atoms with Crippen LogP contribution >= 0.6 is 0 Å². The molecule has 0 spiro atoms. The Morgan fingerprint density at radius 1 is 0.550 bits per heavy atom. The maximum atomic E-state index is 2.12. The van der Waals surface area contributed by atoms with E-state index in [9.17, 15) is 0 Å². The fourth-order valence-corrected chi connectivity index (χ4v) is 2.44. The molecule has 0 N–H and O–H groups in total. The number of hydrogen-bond donors (Lipinski definition) is 0. The van der Waals surface area contributed by atoms with E-state index in [0.29, 0.717) is 0 Å². The summed E-state index contributed by atoms with van der Waals surface area (Å²) in [6, 6.07) is 21.0. The van der Waals surface area contributed by atoms with Gasteiger partial charge >= 0.3 is 0 Å². The number of rotatable bonds is 0. The first-order valence-corrected chi connectivity index (χ1v) is 6.76. The van der Waals surface area contributed by atoms with E-state index in [4.69, 9.17) is 0 Å². The highest BCUT2D eigenvalue weighted by atomic mass is 14.9. The van der Waals surface area contributed by atoms with E-state index in [-0.39, 0.29) is 0 Å². The molecule has 4 aromatic rings. The zero-order valence-corrected chi connectivity index (χ0v) is 11.8. The van der Waals surface area contributed by atoms with Crippen LogP contribution in [0.15, 0.2) is 73.1 Å². The fraction of sp³-hybridized carbons (Fsp3) is 0.111. The summed E-state index contributed by atoms with van der Waals surface area (Å²) in [5, 5.41) is 2.62. The van der Waals surface area contributed by atoms with Crippen molar-refractivity contribution in [1.29, 1.82) is 0 Å². The van der Waals surface area contributed by atoms with Crippen LogP contribution in [0.25, 0.3) is 21.8 Å². The van der Waals surface area contributed by atoms with E-state index in [1.165, 1.54) is 21.8 Å². The molecule has 0 aliphatic rings. The minimum Gasteiger partial charge on any atom is -0.351 e. The zero-order valence-electron chi connectivity index (χ0n) is 11.8. The molecule has 0 unspecified atom stereocenters. The third-order valence-corrected chi connectivity index (χ3v) is 3.59. The van der Waals surface area contributed by atoms with E-state index < -0.39 is 0 Å². The Kier molecular flexibility index (Phi) is 3.30. The van der Waals surface area contributed by atoms with Crippen molar-refractivity contribution in [3.63, 3.8) is 0 Å². The maximum Gasteiger partial charge on any atom is 0.0477 e. The van der Waals surface area contributed by atoms with Crippen molar-refractivity contribution in [2.24, 2.45) is 14.1 Å². The van der Waals surface area contributed by atoms with Gasteiger partial charge in [-0.15, -0.1) is 0 Å². The van der Waals surface area contributed by atoms with E-state index >= 15 is 0 Å². The number of benzene rings is 2. The first-order valence-electron chi connectivity index (χ1n) is 6.76. The smallest absolute Gasteiger partial charge is 0.0477 e. The second-order valence-electron chi connectivity index (χ2n) is 4.97. The monoisotopic (exact) mass is 262 g/mol. The van der Waals surface area contributed by atoms with Gasteiger partial charge in [-0.05, 0) is 35.0 Å². The largest absolute Gasteiger partial charge is 0.351 e. The van der Waals surface area contributed by atoms with Crippen molar-refractivity contribution in [3.8, 4) is 0 Å². The number of aromatic nitrogens is 2. The highest BCUT2D eigenvalue weighted by molar-refractivity contribution is 5.80. The number of nitrogens with zero attached hydrogens (tertiary/aromatic N) is 2. The summed E-state index contributed by atoms with van der Waals surface area (Å²) < 4.78 is 4.24. The first kappa shape index (κ1) is 12.5. The normalized spacial score (nSPS) is 10.5. The van der Waals surface area contributed by atoms with Crippen LogP contribution in [-0.2, 0) is 14.1 Å². The summed E-state index contributed by atoms with van der Waals surface area (Å²) >= 11 is 0. The molecular formula is C18H18N2. The lowest BCUT2D eigenvalue weighted by atomic mass is 10.2. The first-order chi connectivity index (χ1) is 9.75. The molecule has 100 valence electrons. The Morgan fingerprint density at radius 2 is 0.950 bits per heavy atom. The van der Waals surface area contributed by atoms with Gasteiger partial charge in [-0.3, -0.25) is 0 Å². The lowest BCUT2D eigenvalue weighted by molar-refractivity contribution is 0.969. The molecule has 0 amide bonds. The standard InChI is InChI=1S/2C9H9N/c2*1-10-7-6-8-4-2-3-5-9(8)10/h2*2-7H,1H3. The molecule has 0 bridgehead atoms. The van der Waals surface area contributed by atoms with Gasteiger partial charge in [0.15, 0.2) is 0 Å². The van der Waals surface area contributed by atoms with Crippen molar-refractivity contribution in [3.05, 3.63) is 73.1 Å². The van der Waals surface area contributed by atoms with Gasteiger partial charge in [0.25, 0.3) is 0 Å². The summed E-state index contributed by atoms with van der Waals surface area (Å²) in [6.07, 6.45) is 4.15. The SMILES string of the molecule is Cn1ccc2ccccc21.Cn1ccc2ccccc21. The topological polar surface area (TPSA) is 9.86 Å². The van der Waals surface area contributed by atoms with Crippen molar-refractivity contribution in [2.45, 2.75) is 0 Å². The number of aryl methyl sites for hydroxylation is 2. The lowest BCUT2D eigenvalue weighted by Crippen LogP contribution is -1.81. The second kappa shape index (κ2) is 5.25. The molecular weight excluding hydrogens is 244 g/mol. The predicted molar refractivity (Wildman–Crippen MR) is 85.8 cm³/mol. The van der Waals surface area contributed by atoms with E-state index in [1.54, 1.807) is 0 Å². The van der Waals surface area contributed by atoms with E-state index in [0.717, 1.165) is 0 Å². The molecule has 2 heterocycles. The zero-order chi connectivity index (χ0) is 13.9. The van der Waals surface area contributed by atoms with Gasteiger partial charge in [0, 0.05) is 37.5 Å². The van der Waals surface area contributed by atoms with Gasteiger partial charge in [-0.25, -0.2) is 0 Å². The second-order valence-corrected chi connectivity index (χ2v) is 4.97. The van der Waals surface area contributed by atoms with Crippen LogP contribution in [0.3, 0.4) is 0 Å². The molecule has 0 atom stereocenters. The van der Waals surface area contributed by atoms with E-state index in [2.05, 4.69) is 96.3 Å². The van der Waals surface area contributed by atoms with Crippen LogP contribution < -0.4 is 0 Å². The summed E-state index contributed by atoms with van der Waals surface area (Å²) in [5.41, 5.74) is 2.59. The van der Waals surface area contributed by atoms with Crippen LogP contribution in [0.5, 0.6) is 0 Å². The molecule has 2 aromatic carbocycles. The molecule has 20 heavy (non-hydrogen) atoms. The Balaban J connectivity index is 0.000000121. The highest BCUT2D eigenvalue weighted by Gasteiger charge is 1.93. The predicted octanol–water partition coefficient (Wildman–Crippen LogP) is 4.36. The molecule has 0 saturated heterocycles. The van der Waals surface area contributed by atoms with Crippen LogP contribution in [-0.4, -0.2) is 9.13 Å². The molecule has 0 aliphatic heterocycles. The molecule has 0 aliphatic carbocycles. The molecule has 2 nitrogen and oxygen atoms in total. The van der Waals surface area contributed by atoms with Crippen molar-refractivity contribution < 1.29 is 0 Å². The Morgan fingerprint density at radius 3 is 1.35 bits per heavy atom. The number of para-hydroxylation sites is 2. The lowest BCUT2D eigenvalue weighted by Gasteiger charge is -1.92. The Hall–Kier alpha value is -2.48. The van der Waals surface area contributed by atoms with Gasteiger partial charge in [-0.2, -0.15) is 0 Å². The molecule has 0 saturated carbocycles. The van der Waals surface area contributed by atoms with Gasteiger partial charge < -0.3 is 9.13 Å². The third kappa shape index (κ3) is 2.32.